The van der Waals surface area contributed by atoms with Crippen molar-refractivity contribution in [3.8, 4) is 0 Å². The van der Waals surface area contributed by atoms with Crippen LogP contribution in [0.1, 0.15) is 110 Å². The molecule has 5 heterocycles. The molecule has 4 saturated carbocycles. The van der Waals surface area contributed by atoms with E-state index in [1.54, 1.807) is 0 Å². The molecule has 17 atom stereocenters. The van der Waals surface area contributed by atoms with Crippen molar-refractivity contribution >= 4 is 5.78 Å². The predicted octanol–water partition coefficient (Wildman–Crippen LogP) is 2.81. The van der Waals surface area contributed by atoms with Crippen LogP contribution in [0.25, 0.3) is 0 Å². The molecule has 0 aromatic rings. The molecule has 1 radical (unpaired) electrons. The summed E-state index contributed by atoms with van der Waals surface area (Å²) < 4.78 is 0. The molecule has 9 nitrogen and oxygen atoms in total. The van der Waals surface area contributed by atoms with Crippen molar-refractivity contribution in [2.24, 2.45) is 53.3 Å². The fourth-order valence-electron chi connectivity index (χ4n) is 12.8. The van der Waals surface area contributed by atoms with Gasteiger partial charge in [-0.2, -0.15) is 0 Å². The van der Waals surface area contributed by atoms with Crippen LogP contribution in [0.15, 0.2) is 0 Å². The van der Waals surface area contributed by atoms with Gasteiger partial charge in [0, 0.05) is 23.2 Å². The molecule has 4 aliphatic carbocycles. The van der Waals surface area contributed by atoms with Crippen molar-refractivity contribution in [1.82, 2.24) is 42.5 Å². The molecule has 45 heavy (non-hydrogen) atoms. The maximum atomic E-state index is 12.5. The van der Waals surface area contributed by atoms with Crippen LogP contribution in [-0.2, 0) is 21.6 Å². The van der Waals surface area contributed by atoms with Gasteiger partial charge >= 0.3 is 0 Å². The number of ketones is 1. The zero-order valence-electron chi connectivity index (χ0n) is 27.4. The fourth-order valence-corrected chi connectivity index (χ4v) is 12.8. The number of hydrogen-bond donors (Lipinski definition) is 8. The summed E-state index contributed by atoms with van der Waals surface area (Å²) in [5.41, 5.74) is 0. The Bertz CT molecular complexity index is 1060. The quantitative estimate of drug-likeness (QED) is 0.226. The third-order valence-corrected chi connectivity index (χ3v) is 14.6. The van der Waals surface area contributed by atoms with Crippen LogP contribution in [0.5, 0.6) is 0 Å². The Morgan fingerprint density at radius 3 is 1.04 bits per heavy atom. The van der Waals surface area contributed by atoms with Gasteiger partial charge in [-0.3, -0.25) is 42.5 Å². The predicted molar refractivity (Wildman–Crippen MR) is 171 cm³/mol. The number of fused-ring (bicyclic) bond motifs is 20. The first-order chi connectivity index (χ1) is 21.6. The van der Waals surface area contributed by atoms with Gasteiger partial charge in [0.05, 0.1) is 49.3 Å². The van der Waals surface area contributed by atoms with E-state index in [4.69, 9.17) is 0 Å². The van der Waals surface area contributed by atoms with Gasteiger partial charge in [0.2, 0.25) is 0 Å². The number of carbonyl (C=O) groups excluding carboxylic acids is 1. The summed E-state index contributed by atoms with van der Waals surface area (Å²) >= 11 is 0. The van der Waals surface area contributed by atoms with Crippen LogP contribution >= 0.6 is 0 Å². The van der Waals surface area contributed by atoms with E-state index in [1.165, 1.54) is 96.3 Å². The molecule has 0 aromatic carbocycles. The summed E-state index contributed by atoms with van der Waals surface area (Å²) in [5.74, 6) is 6.03. The van der Waals surface area contributed by atoms with Crippen molar-refractivity contribution in [2.75, 3.05) is 0 Å². The maximum Gasteiger partial charge on any atom is 0.130 e. The smallest absolute Gasteiger partial charge is 0.130 e. The number of rotatable bonds is 2. The van der Waals surface area contributed by atoms with Crippen molar-refractivity contribution in [3.63, 3.8) is 0 Å². The standard InChI is InChI=1S/C35H60N8O.Co/c1-18(44)17-19-9-8-16-26-27(19)35-42-33-25-15-7-6-14-24(25)31(40-33)38-29-21-11-3-2-10-20(21)28(36-29)37-30-22-12-4-5-13-23(22)32(39-30)41-34(26)43-35;/h19-43H,2-17H2,1H3;. The summed E-state index contributed by atoms with van der Waals surface area (Å²) in [7, 11) is 0. The maximum absolute atomic E-state index is 12.5. The van der Waals surface area contributed by atoms with Crippen molar-refractivity contribution in [2.45, 2.75) is 159 Å². The van der Waals surface area contributed by atoms with E-state index in [0.717, 1.165) is 6.42 Å². The van der Waals surface area contributed by atoms with Crippen molar-refractivity contribution < 1.29 is 21.6 Å². The van der Waals surface area contributed by atoms with Gasteiger partial charge in [-0.15, -0.1) is 0 Å². The molecule has 0 spiro atoms. The van der Waals surface area contributed by atoms with Gasteiger partial charge in [0.25, 0.3) is 0 Å². The number of Topliss-reactive ketones (excluding diaryl/α,β-unsaturated/α-hetero) is 1. The molecular formula is C35H60CoN8O. The van der Waals surface area contributed by atoms with Gasteiger partial charge < -0.3 is 4.79 Å². The first-order valence-electron chi connectivity index (χ1n) is 19.2. The van der Waals surface area contributed by atoms with E-state index >= 15 is 0 Å². The Morgan fingerprint density at radius 2 is 0.711 bits per heavy atom. The molecule has 17 unspecified atom stereocenters. The average molecular weight is 668 g/mol. The Hall–Kier alpha value is -0.144. The summed E-state index contributed by atoms with van der Waals surface area (Å²) in [6.07, 6.45) is 23.3. The van der Waals surface area contributed by atoms with E-state index in [0.29, 0.717) is 96.0 Å². The molecule has 9 aliphatic rings. The number of nitrogens with one attached hydrogen (secondary N) is 8. The summed E-state index contributed by atoms with van der Waals surface area (Å²) in [5, 5.41) is 33.7. The Labute approximate surface area is 281 Å². The van der Waals surface area contributed by atoms with Gasteiger partial charge in [0.15, 0.2) is 0 Å². The molecule has 5 saturated heterocycles. The normalized spacial score (nSPS) is 53.8. The minimum atomic E-state index is 0. The van der Waals surface area contributed by atoms with E-state index in [2.05, 4.69) is 42.5 Å². The van der Waals surface area contributed by atoms with Crippen LogP contribution in [0.4, 0.5) is 0 Å². The molecule has 255 valence electrons. The monoisotopic (exact) mass is 667 g/mol. The van der Waals surface area contributed by atoms with E-state index < -0.39 is 0 Å². The van der Waals surface area contributed by atoms with E-state index in [9.17, 15) is 4.79 Å². The Balaban J connectivity index is 0.00000300. The van der Waals surface area contributed by atoms with E-state index in [-0.39, 0.29) is 29.1 Å². The Morgan fingerprint density at radius 1 is 0.422 bits per heavy atom. The van der Waals surface area contributed by atoms with Crippen LogP contribution in [0, 0.1) is 53.3 Å². The molecule has 10 heteroatoms. The molecule has 9 fully saturated rings. The van der Waals surface area contributed by atoms with Crippen molar-refractivity contribution in [3.05, 3.63) is 0 Å². The zero-order valence-corrected chi connectivity index (χ0v) is 28.4. The van der Waals surface area contributed by atoms with Crippen molar-refractivity contribution in [1.29, 1.82) is 0 Å². The Kier molecular flexibility index (Phi) is 9.47. The minimum absolute atomic E-state index is 0. The first-order valence-corrected chi connectivity index (χ1v) is 19.2. The molecular weight excluding hydrogens is 607 g/mol. The van der Waals surface area contributed by atoms with Gasteiger partial charge in [0.1, 0.15) is 5.78 Å². The third kappa shape index (κ3) is 5.82. The van der Waals surface area contributed by atoms with Crippen LogP contribution in [0.2, 0.25) is 0 Å². The molecule has 8 bridgehead atoms. The van der Waals surface area contributed by atoms with E-state index in [1.807, 2.05) is 6.92 Å². The summed E-state index contributed by atoms with van der Waals surface area (Å²) in [4.78, 5) is 12.5. The second kappa shape index (κ2) is 13.3. The topological polar surface area (TPSA) is 113 Å². The largest absolute Gasteiger partial charge is 0.300 e. The van der Waals surface area contributed by atoms with Crippen LogP contribution < -0.4 is 42.5 Å². The number of hydrogen-bond acceptors (Lipinski definition) is 9. The SMILES string of the molecule is CC(=O)CC1CCCC2C3NC4NC(NC5NC(NC6NC(NC(N3)C12)C1CCCCC61)C1CCCCC51)C1CCCCC41.[Co]. The average Bonchev–Trinajstić information content (AvgIpc) is 3.77. The zero-order chi connectivity index (χ0) is 29.4. The number of carbonyl (C=O) groups is 1. The molecule has 5 aliphatic heterocycles. The second-order valence-corrected chi connectivity index (χ2v) is 16.8. The fraction of sp³-hybridized carbons (Fsp3) is 0.971. The molecule has 0 amide bonds. The van der Waals surface area contributed by atoms with Crippen LogP contribution in [0.3, 0.4) is 0 Å². The first kappa shape index (κ1) is 32.1. The molecule has 9 rings (SSSR count). The minimum Gasteiger partial charge on any atom is -0.300 e. The molecule has 0 aromatic heterocycles. The molecule has 8 N–H and O–H groups in total. The third-order valence-electron chi connectivity index (χ3n) is 14.6. The second-order valence-electron chi connectivity index (χ2n) is 16.8. The van der Waals surface area contributed by atoms with Crippen LogP contribution in [-0.4, -0.2) is 55.1 Å². The van der Waals surface area contributed by atoms with Gasteiger partial charge in [-0.05, 0) is 112 Å². The summed E-state index contributed by atoms with van der Waals surface area (Å²) in [6, 6.07) is 0. The summed E-state index contributed by atoms with van der Waals surface area (Å²) in [6.45, 7) is 1.81. The van der Waals surface area contributed by atoms with Gasteiger partial charge in [-0.1, -0.05) is 44.9 Å². The van der Waals surface area contributed by atoms with Gasteiger partial charge in [-0.25, -0.2) is 0 Å².